The normalized spacial score (nSPS) is 17.0. The van der Waals surface area contributed by atoms with Gasteiger partial charge < -0.3 is 10.1 Å². The summed E-state index contributed by atoms with van der Waals surface area (Å²) in [6.45, 7) is 7.49. The van der Waals surface area contributed by atoms with E-state index in [-0.39, 0.29) is 17.8 Å². The quantitative estimate of drug-likeness (QED) is 0.796. The molecule has 134 valence electrons. The number of nitrogens with one attached hydrogen (secondary N) is 1. The molecule has 1 atom stereocenters. The summed E-state index contributed by atoms with van der Waals surface area (Å²) in [7, 11) is 0. The van der Waals surface area contributed by atoms with Gasteiger partial charge in [0, 0.05) is 12.3 Å². The third kappa shape index (κ3) is 4.58. The first kappa shape index (κ1) is 17.9. The molecule has 0 spiro atoms. The summed E-state index contributed by atoms with van der Waals surface area (Å²) in [6.07, 6.45) is 2.26. The van der Waals surface area contributed by atoms with Crippen LogP contribution in [-0.2, 0) is 16.1 Å². The van der Waals surface area contributed by atoms with Gasteiger partial charge in [-0.15, -0.1) is 5.10 Å². The van der Waals surface area contributed by atoms with Crippen LogP contribution in [0.5, 0.6) is 0 Å². The second-order valence-corrected chi connectivity index (χ2v) is 7.33. The topological polar surface area (TPSA) is 81.9 Å². The van der Waals surface area contributed by atoms with Crippen LogP contribution in [0.3, 0.4) is 0 Å². The van der Waals surface area contributed by atoms with E-state index in [1.54, 1.807) is 4.68 Å². The summed E-state index contributed by atoms with van der Waals surface area (Å²) >= 11 is 1.34. The number of nitrogens with zero attached hydrogens (tertiary/aromatic N) is 4. The summed E-state index contributed by atoms with van der Waals surface area (Å²) in [5, 5.41) is 15.4. The highest BCUT2D eigenvalue weighted by Gasteiger charge is 2.19. The first-order valence-corrected chi connectivity index (χ1v) is 9.40. The van der Waals surface area contributed by atoms with Crippen molar-refractivity contribution in [3.8, 4) is 0 Å². The minimum atomic E-state index is -0.0632. The van der Waals surface area contributed by atoms with Crippen LogP contribution < -0.4 is 5.32 Å². The fourth-order valence-electron chi connectivity index (χ4n) is 3.08. The third-order valence-electron chi connectivity index (χ3n) is 4.17. The molecule has 1 amide bonds. The number of ether oxygens (including phenoxy) is 1. The molecule has 0 aliphatic carbocycles. The molecule has 1 aromatic heterocycles. The lowest BCUT2D eigenvalue weighted by Crippen LogP contribution is -2.19. The maximum atomic E-state index is 12.3. The molecule has 1 N–H and O–H groups in total. The zero-order valence-corrected chi connectivity index (χ0v) is 15.6. The summed E-state index contributed by atoms with van der Waals surface area (Å²) in [6, 6.07) is 4.13. The average Bonchev–Trinajstić information content (AvgIpc) is 3.21. The van der Waals surface area contributed by atoms with Gasteiger partial charge in [-0.05, 0) is 55.2 Å². The van der Waals surface area contributed by atoms with Crippen LogP contribution in [0.15, 0.2) is 17.3 Å². The van der Waals surface area contributed by atoms with E-state index in [0.717, 1.165) is 36.3 Å². The number of aromatic nitrogens is 4. The highest BCUT2D eigenvalue weighted by Crippen LogP contribution is 2.23. The van der Waals surface area contributed by atoms with E-state index >= 15 is 0 Å². The van der Waals surface area contributed by atoms with Crippen molar-refractivity contribution in [2.24, 2.45) is 0 Å². The molecule has 25 heavy (non-hydrogen) atoms. The van der Waals surface area contributed by atoms with Gasteiger partial charge in [0.05, 0.1) is 18.4 Å². The molecule has 1 saturated heterocycles. The smallest absolute Gasteiger partial charge is 0.234 e. The zero-order valence-electron chi connectivity index (χ0n) is 14.8. The Bertz CT molecular complexity index is 732. The number of carbonyl (C=O) groups excluding carboxylic acids is 1. The van der Waals surface area contributed by atoms with Crippen LogP contribution in [0.2, 0.25) is 0 Å². The lowest BCUT2D eigenvalue weighted by atomic mass is 10.1. The molecule has 1 aromatic carbocycles. The number of carbonyl (C=O) groups is 1. The summed E-state index contributed by atoms with van der Waals surface area (Å²) in [5.41, 5.74) is 4.21. The van der Waals surface area contributed by atoms with Crippen molar-refractivity contribution in [3.63, 3.8) is 0 Å². The number of thioether (sulfide) groups is 1. The predicted octanol–water partition coefficient (Wildman–Crippen LogP) is 2.51. The Labute approximate surface area is 151 Å². The summed E-state index contributed by atoms with van der Waals surface area (Å²) < 4.78 is 7.34. The highest BCUT2D eigenvalue weighted by atomic mass is 32.2. The van der Waals surface area contributed by atoms with E-state index in [2.05, 4.69) is 39.9 Å². The molecule has 1 fully saturated rings. The number of hydrogen-bond acceptors (Lipinski definition) is 6. The number of benzene rings is 1. The second-order valence-electron chi connectivity index (χ2n) is 6.39. The standard InChI is InChI=1S/C17H23N5O2S/c1-11-7-12(2)16(13(3)8-11)18-15(23)10-25-17-19-20-21-22(17)9-14-5-4-6-24-14/h7-8,14H,4-6,9-10H2,1-3H3,(H,18,23). The molecule has 2 heterocycles. The molecule has 1 aliphatic heterocycles. The van der Waals surface area contributed by atoms with Crippen molar-refractivity contribution in [2.45, 2.75) is 51.4 Å². The molecule has 3 rings (SSSR count). The predicted molar refractivity (Wildman–Crippen MR) is 96.8 cm³/mol. The van der Waals surface area contributed by atoms with Gasteiger partial charge in [-0.25, -0.2) is 4.68 Å². The SMILES string of the molecule is Cc1cc(C)c(NC(=O)CSc2nnnn2CC2CCCO2)c(C)c1. The molecule has 1 unspecified atom stereocenters. The van der Waals surface area contributed by atoms with E-state index in [1.807, 2.05) is 13.8 Å². The second kappa shape index (κ2) is 7.97. The van der Waals surface area contributed by atoms with Crippen LogP contribution in [0.1, 0.15) is 29.5 Å². The molecule has 2 aromatic rings. The first-order chi connectivity index (χ1) is 12.0. The van der Waals surface area contributed by atoms with Crippen molar-refractivity contribution < 1.29 is 9.53 Å². The average molecular weight is 361 g/mol. The van der Waals surface area contributed by atoms with E-state index in [1.165, 1.54) is 17.3 Å². The Morgan fingerprint density at radius 3 is 2.80 bits per heavy atom. The van der Waals surface area contributed by atoms with Gasteiger partial charge in [0.1, 0.15) is 0 Å². The van der Waals surface area contributed by atoms with Gasteiger partial charge >= 0.3 is 0 Å². The summed E-state index contributed by atoms with van der Waals surface area (Å²) in [5.74, 6) is 0.199. The Hall–Kier alpha value is -1.93. The lowest BCUT2D eigenvalue weighted by molar-refractivity contribution is -0.113. The fourth-order valence-corrected chi connectivity index (χ4v) is 3.77. The number of aryl methyl sites for hydroxylation is 3. The van der Waals surface area contributed by atoms with Gasteiger partial charge in [-0.1, -0.05) is 29.5 Å². The molecule has 0 radical (unpaired) electrons. The minimum Gasteiger partial charge on any atom is -0.376 e. The third-order valence-corrected chi connectivity index (χ3v) is 5.13. The van der Waals surface area contributed by atoms with Crippen molar-refractivity contribution in [1.29, 1.82) is 0 Å². The van der Waals surface area contributed by atoms with Crippen molar-refractivity contribution in [2.75, 3.05) is 17.7 Å². The first-order valence-electron chi connectivity index (χ1n) is 8.41. The van der Waals surface area contributed by atoms with Crippen molar-refractivity contribution >= 4 is 23.4 Å². The molecular weight excluding hydrogens is 338 g/mol. The monoisotopic (exact) mass is 361 g/mol. The largest absolute Gasteiger partial charge is 0.376 e. The number of hydrogen-bond donors (Lipinski definition) is 1. The molecule has 0 bridgehead atoms. The minimum absolute atomic E-state index is 0.0632. The molecule has 0 saturated carbocycles. The Kier molecular flexibility index (Phi) is 5.70. The number of rotatable bonds is 6. The maximum absolute atomic E-state index is 12.3. The van der Waals surface area contributed by atoms with E-state index in [9.17, 15) is 4.79 Å². The van der Waals surface area contributed by atoms with Crippen LogP contribution in [0, 0.1) is 20.8 Å². The highest BCUT2D eigenvalue weighted by molar-refractivity contribution is 7.99. The van der Waals surface area contributed by atoms with Gasteiger partial charge in [0.15, 0.2) is 0 Å². The molecule has 1 aliphatic rings. The Morgan fingerprint density at radius 1 is 1.36 bits per heavy atom. The number of amides is 1. The fraction of sp³-hybridized carbons (Fsp3) is 0.529. The van der Waals surface area contributed by atoms with Crippen molar-refractivity contribution in [1.82, 2.24) is 20.2 Å². The van der Waals surface area contributed by atoms with E-state index in [0.29, 0.717) is 11.7 Å². The Balaban J connectivity index is 1.57. The maximum Gasteiger partial charge on any atom is 0.234 e. The molecule has 7 nitrogen and oxygen atoms in total. The van der Waals surface area contributed by atoms with E-state index < -0.39 is 0 Å². The number of anilines is 1. The summed E-state index contributed by atoms with van der Waals surface area (Å²) in [4.78, 5) is 12.3. The van der Waals surface area contributed by atoms with Crippen LogP contribution in [0.4, 0.5) is 5.69 Å². The van der Waals surface area contributed by atoms with Crippen LogP contribution in [0.25, 0.3) is 0 Å². The number of tetrazole rings is 1. The molecule has 8 heteroatoms. The van der Waals surface area contributed by atoms with Crippen molar-refractivity contribution in [3.05, 3.63) is 28.8 Å². The zero-order chi connectivity index (χ0) is 17.8. The van der Waals surface area contributed by atoms with Gasteiger partial charge in [0.25, 0.3) is 0 Å². The Morgan fingerprint density at radius 2 is 2.12 bits per heavy atom. The van der Waals surface area contributed by atoms with Crippen LogP contribution >= 0.6 is 11.8 Å². The van der Waals surface area contributed by atoms with Crippen LogP contribution in [-0.4, -0.2) is 44.6 Å². The van der Waals surface area contributed by atoms with Gasteiger partial charge in [-0.2, -0.15) is 0 Å². The van der Waals surface area contributed by atoms with Gasteiger partial charge in [0.2, 0.25) is 11.1 Å². The van der Waals surface area contributed by atoms with E-state index in [4.69, 9.17) is 4.74 Å². The molecular formula is C17H23N5O2S. The lowest BCUT2D eigenvalue weighted by Gasteiger charge is -2.13. The van der Waals surface area contributed by atoms with Gasteiger partial charge in [-0.3, -0.25) is 4.79 Å².